The van der Waals surface area contributed by atoms with Crippen molar-refractivity contribution < 1.29 is 14.6 Å². The molecular weight excluding hydrogens is 230 g/mol. The molecule has 2 unspecified atom stereocenters. The smallest absolute Gasteiger partial charge is 0.123 e. The van der Waals surface area contributed by atoms with Gasteiger partial charge in [0.2, 0.25) is 0 Å². The standard InChI is InChI=1S/C14H21NO3/c1-10(12-5-6-18-9-12)15-8-11-3-4-13(17-2)7-14(11)16/h3-4,7,10,12,15-16H,5-6,8-9H2,1-2H3. The van der Waals surface area contributed by atoms with E-state index < -0.39 is 0 Å². The highest BCUT2D eigenvalue weighted by molar-refractivity contribution is 5.39. The molecule has 1 heterocycles. The van der Waals surface area contributed by atoms with Crippen LogP contribution in [0.3, 0.4) is 0 Å². The molecule has 1 fully saturated rings. The molecule has 0 aliphatic carbocycles. The quantitative estimate of drug-likeness (QED) is 0.839. The van der Waals surface area contributed by atoms with Crippen LogP contribution in [-0.2, 0) is 11.3 Å². The van der Waals surface area contributed by atoms with E-state index in [1.54, 1.807) is 13.2 Å². The first kappa shape index (κ1) is 13.2. The van der Waals surface area contributed by atoms with Crippen LogP contribution in [-0.4, -0.2) is 31.5 Å². The lowest BCUT2D eigenvalue weighted by atomic mass is 10.0. The molecule has 1 aliphatic heterocycles. The van der Waals surface area contributed by atoms with Crippen LogP contribution in [0.5, 0.6) is 11.5 Å². The molecule has 2 N–H and O–H groups in total. The SMILES string of the molecule is COc1ccc(CNC(C)C2CCOC2)c(O)c1. The van der Waals surface area contributed by atoms with Crippen molar-refractivity contribution in [3.63, 3.8) is 0 Å². The number of hydrogen-bond acceptors (Lipinski definition) is 4. The Hall–Kier alpha value is -1.26. The van der Waals surface area contributed by atoms with Gasteiger partial charge in [0, 0.05) is 30.8 Å². The molecular formula is C14H21NO3. The van der Waals surface area contributed by atoms with Crippen LogP contribution in [0.1, 0.15) is 18.9 Å². The van der Waals surface area contributed by atoms with E-state index in [1.807, 2.05) is 12.1 Å². The molecule has 0 saturated carbocycles. The number of nitrogens with one attached hydrogen (secondary N) is 1. The van der Waals surface area contributed by atoms with E-state index >= 15 is 0 Å². The normalized spacial score (nSPS) is 20.9. The molecule has 0 spiro atoms. The second-order valence-corrected chi connectivity index (χ2v) is 4.79. The predicted octanol–water partition coefficient (Wildman–Crippen LogP) is 1.92. The van der Waals surface area contributed by atoms with Gasteiger partial charge in [-0.1, -0.05) is 6.07 Å². The molecule has 1 aromatic rings. The Morgan fingerprint density at radius 1 is 1.56 bits per heavy atom. The molecule has 1 saturated heterocycles. The average Bonchev–Trinajstić information content (AvgIpc) is 2.90. The third kappa shape index (κ3) is 3.15. The Bertz CT molecular complexity index is 389. The van der Waals surface area contributed by atoms with Crippen molar-refractivity contribution in [2.75, 3.05) is 20.3 Å². The highest BCUT2D eigenvalue weighted by Crippen LogP contribution is 2.24. The number of rotatable bonds is 5. The third-order valence-corrected chi connectivity index (χ3v) is 3.58. The summed E-state index contributed by atoms with van der Waals surface area (Å²) >= 11 is 0. The van der Waals surface area contributed by atoms with E-state index in [2.05, 4.69) is 12.2 Å². The lowest BCUT2D eigenvalue weighted by molar-refractivity contribution is 0.178. The monoisotopic (exact) mass is 251 g/mol. The van der Waals surface area contributed by atoms with Crippen LogP contribution in [0.4, 0.5) is 0 Å². The van der Waals surface area contributed by atoms with Gasteiger partial charge in [0.1, 0.15) is 11.5 Å². The Morgan fingerprint density at radius 2 is 2.39 bits per heavy atom. The van der Waals surface area contributed by atoms with E-state index in [-0.39, 0.29) is 5.75 Å². The molecule has 1 aromatic carbocycles. The van der Waals surface area contributed by atoms with Crippen LogP contribution in [0.25, 0.3) is 0 Å². The van der Waals surface area contributed by atoms with Crippen LogP contribution in [0.2, 0.25) is 0 Å². The largest absolute Gasteiger partial charge is 0.507 e. The molecule has 0 radical (unpaired) electrons. The minimum Gasteiger partial charge on any atom is -0.507 e. The van der Waals surface area contributed by atoms with E-state index in [0.717, 1.165) is 25.2 Å². The number of hydrogen-bond donors (Lipinski definition) is 2. The topological polar surface area (TPSA) is 50.7 Å². The van der Waals surface area contributed by atoms with Gasteiger partial charge in [0.05, 0.1) is 13.7 Å². The predicted molar refractivity (Wildman–Crippen MR) is 69.9 cm³/mol. The summed E-state index contributed by atoms with van der Waals surface area (Å²) in [7, 11) is 1.59. The van der Waals surface area contributed by atoms with Gasteiger partial charge in [-0.3, -0.25) is 0 Å². The van der Waals surface area contributed by atoms with Crippen LogP contribution < -0.4 is 10.1 Å². The third-order valence-electron chi connectivity index (χ3n) is 3.58. The lowest BCUT2D eigenvalue weighted by Gasteiger charge is -2.19. The fraction of sp³-hybridized carbons (Fsp3) is 0.571. The summed E-state index contributed by atoms with van der Waals surface area (Å²) in [5.41, 5.74) is 0.890. The second kappa shape index (κ2) is 6.07. The zero-order valence-corrected chi connectivity index (χ0v) is 11.0. The molecule has 1 aliphatic rings. The molecule has 0 aromatic heterocycles. The Morgan fingerprint density at radius 3 is 3.00 bits per heavy atom. The summed E-state index contributed by atoms with van der Waals surface area (Å²) in [6.07, 6.45) is 1.11. The van der Waals surface area contributed by atoms with Gasteiger partial charge in [0.15, 0.2) is 0 Å². The second-order valence-electron chi connectivity index (χ2n) is 4.79. The van der Waals surface area contributed by atoms with Crippen molar-refractivity contribution in [1.29, 1.82) is 0 Å². The van der Waals surface area contributed by atoms with E-state index in [4.69, 9.17) is 9.47 Å². The fourth-order valence-electron chi connectivity index (χ4n) is 2.20. The first-order chi connectivity index (χ1) is 8.70. The van der Waals surface area contributed by atoms with Crippen molar-refractivity contribution in [3.05, 3.63) is 23.8 Å². The minimum absolute atomic E-state index is 0.275. The first-order valence-corrected chi connectivity index (χ1v) is 6.37. The Kier molecular flexibility index (Phi) is 4.44. The summed E-state index contributed by atoms with van der Waals surface area (Å²) in [5, 5.41) is 13.3. The van der Waals surface area contributed by atoms with E-state index in [1.165, 1.54) is 0 Å². The summed E-state index contributed by atoms with van der Waals surface area (Å²) in [6.45, 7) is 4.53. The number of methoxy groups -OCH3 is 1. The molecule has 18 heavy (non-hydrogen) atoms. The van der Waals surface area contributed by atoms with E-state index in [9.17, 15) is 5.11 Å². The van der Waals surface area contributed by atoms with Crippen molar-refractivity contribution >= 4 is 0 Å². The molecule has 0 bridgehead atoms. The molecule has 0 amide bonds. The fourth-order valence-corrected chi connectivity index (χ4v) is 2.20. The van der Waals surface area contributed by atoms with Crippen LogP contribution in [0.15, 0.2) is 18.2 Å². The Labute approximate surface area is 108 Å². The maximum absolute atomic E-state index is 9.86. The number of benzene rings is 1. The summed E-state index contributed by atoms with van der Waals surface area (Å²) in [4.78, 5) is 0. The highest BCUT2D eigenvalue weighted by Gasteiger charge is 2.21. The number of phenolic OH excluding ortho intramolecular Hbond substituents is 1. The zero-order chi connectivity index (χ0) is 13.0. The van der Waals surface area contributed by atoms with Gasteiger partial charge in [-0.05, 0) is 25.3 Å². The summed E-state index contributed by atoms with van der Waals surface area (Å²) in [6, 6.07) is 5.79. The number of ether oxygens (including phenoxy) is 2. The lowest BCUT2D eigenvalue weighted by Crippen LogP contribution is -2.33. The van der Waals surface area contributed by atoms with Crippen molar-refractivity contribution in [2.45, 2.75) is 25.9 Å². The molecule has 4 nitrogen and oxygen atoms in total. The minimum atomic E-state index is 0.275. The van der Waals surface area contributed by atoms with Crippen molar-refractivity contribution in [2.24, 2.45) is 5.92 Å². The van der Waals surface area contributed by atoms with E-state index in [0.29, 0.717) is 24.3 Å². The molecule has 2 atom stereocenters. The Balaban J connectivity index is 1.89. The number of aromatic hydroxyl groups is 1. The van der Waals surface area contributed by atoms with Gasteiger partial charge in [-0.25, -0.2) is 0 Å². The molecule has 4 heteroatoms. The van der Waals surface area contributed by atoms with Crippen molar-refractivity contribution in [1.82, 2.24) is 5.32 Å². The van der Waals surface area contributed by atoms with Gasteiger partial charge in [-0.15, -0.1) is 0 Å². The molecule has 2 rings (SSSR count). The summed E-state index contributed by atoms with van der Waals surface area (Å²) < 4.78 is 10.4. The van der Waals surface area contributed by atoms with Gasteiger partial charge in [-0.2, -0.15) is 0 Å². The first-order valence-electron chi connectivity index (χ1n) is 6.37. The maximum Gasteiger partial charge on any atom is 0.123 e. The van der Waals surface area contributed by atoms with Gasteiger partial charge >= 0.3 is 0 Å². The van der Waals surface area contributed by atoms with Crippen molar-refractivity contribution in [3.8, 4) is 11.5 Å². The summed E-state index contributed by atoms with van der Waals surface area (Å²) in [5.74, 6) is 1.52. The zero-order valence-electron chi connectivity index (χ0n) is 11.0. The molecule has 100 valence electrons. The van der Waals surface area contributed by atoms with Gasteiger partial charge in [0.25, 0.3) is 0 Å². The van der Waals surface area contributed by atoms with Crippen LogP contribution >= 0.6 is 0 Å². The highest BCUT2D eigenvalue weighted by atomic mass is 16.5. The van der Waals surface area contributed by atoms with Crippen LogP contribution in [0, 0.1) is 5.92 Å². The van der Waals surface area contributed by atoms with Gasteiger partial charge < -0.3 is 19.9 Å². The average molecular weight is 251 g/mol. The number of phenols is 1. The maximum atomic E-state index is 9.86.